The molecule has 1 aromatic heterocycles. The van der Waals surface area contributed by atoms with Gasteiger partial charge in [-0.1, -0.05) is 174 Å². The molecule has 8 radical (unpaired) electrons. The summed E-state index contributed by atoms with van der Waals surface area (Å²) >= 11 is 1.82. The quantitative estimate of drug-likeness (QED) is 0.152. The van der Waals surface area contributed by atoms with Gasteiger partial charge in [-0.2, -0.15) is 0 Å². The van der Waals surface area contributed by atoms with Gasteiger partial charge in [0, 0.05) is 42.6 Å². The highest BCUT2D eigenvalue weighted by Gasteiger charge is 2.41. The Labute approximate surface area is 360 Å². The minimum Gasteiger partial charge on any atom is -0.312 e. The molecule has 9 aromatic carbocycles. The lowest BCUT2D eigenvalue weighted by Gasteiger charge is -2.34. The largest absolute Gasteiger partial charge is 0.312 e. The Morgan fingerprint density at radius 1 is 0.450 bits per heavy atom. The van der Waals surface area contributed by atoms with Crippen LogP contribution in [0.25, 0.3) is 64.3 Å². The highest BCUT2D eigenvalue weighted by molar-refractivity contribution is 7.26. The zero-order valence-electron chi connectivity index (χ0n) is 33.0. The number of benzene rings is 9. The van der Waals surface area contributed by atoms with Crippen LogP contribution in [0, 0.1) is 0 Å². The van der Waals surface area contributed by atoms with E-state index in [9.17, 15) is 0 Å². The third-order valence-electron chi connectivity index (χ3n) is 12.6. The second-order valence-corrected chi connectivity index (χ2v) is 16.9. The van der Waals surface area contributed by atoms with E-state index in [0.29, 0.717) is 33.1 Å². The van der Waals surface area contributed by atoms with E-state index in [2.05, 4.69) is 170 Å². The van der Waals surface area contributed by atoms with E-state index in [1.807, 2.05) is 35.6 Å². The van der Waals surface area contributed by atoms with Crippen LogP contribution < -0.4 is 26.8 Å². The van der Waals surface area contributed by atoms with Crippen molar-refractivity contribution in [3.63, 3.8) is 0 Å². The maximum absolute atomic E-state index is 7.30. The number of hydrogen-bond acceptors (Lipinski definition) is 2. The molecular formula is C54H33B4NS. The molecule has 60 heavy (non-hydrogen) atoms. The number of rotatable bonds is 6. The first-order valence-electron chi connectivity index (χ1n) is 20.2. The summed E-state index contributed by atoms with van der Waals surface area (Å²) in [7, 11) is 28.9. The van der Waals surface area contributed by atoms with Gasteiger partial charge >= 0.3 is 0 Å². The Bertz CT molecular complexity index is 3320. The molecule has 10 aromatic rings. The summed E-state index contributed by atoms with van der Waals surface area (Å²) in [4.78, 5) is 2.15. The van der Waals surface area contributed by atoms with E-state index < -0.39 is 5.41 Å². The number of hydrogen-bond donors (Lipinski definition) is 0. The first-order chi connectivity index (χ1) is 29.3. The van der Waals surface area contributed by atoms with Crippen molar-refractivity contribution in [1.29, 1.82) is 0 Å². The van der Waals surface area contributed by atoms with Gasteiger partial charge in [-0.15, -0.1) is 11.3 Å². The molecule has 1 atom stereocenters. The Morgan fingerprint density at radius 3 is 1.88 bits per heavy atom. The van der Waals surface area contributed by atoms with Gasteiger partial charge in [-0.3, -0.25) is 0 Å². The highest BCUT2D eigenvalue weighted by Crippen LogP contribution is 2.54. The summed E-state index contributed by atoms with van der Waals surface area (Å²) in [6, 6.07) is 64.2. The smallest absolute Gasteiger partial charge is 0.115 e. The number of fused-ring (bicyclic) bond motifs is 7. The molecule has 0 N–H and O–H groups in total. The molecule has 0 saturated heterocycles. The van der Waals surface area contributed by atoms with Gasteiger partial charge in [-0.05, 0) is 98.1 Å². The summed E-state index contributed by atoms with van der Waals surface area (Å²) in [6.45, 7) is 2.32. The first-order valence-corrected chi connectivity index (χ1v) is 21.0. The maximum atomic E-state index is 7.30. The Hall–Kier alpha value is -6.48. The number of anilines is 3. The van der Waals surface area contributed by atoms with Crippen molar-refractivity contribution in [2.75, 3.05) is 4.90 Å². The van der Waals surface area contributed by atoms with E-state index in [0.717, 1.165) is 38.8 Å². The molecule has 1 aliphatic carbocycles. The summed E-state index contributed by atoms with van der Waals surface area (Å²) in [5, 5.41) is 4.59. The maximum Gasteiger partial charge on any atom is 0.115 e. The molecule has 0 spiro atoms. The van der Waals surface area contributed by atoms with E-state index in [-0.39, 0.29) is 0 Å². The molecule has 0 fully saturated rings. The molecule has 0 saturated carbocycles. The average molecular weight is 771 g/mol. The van der Waals surface area contributed by atoms with Crippen LogP contribution in [0.1, 0.15) is 23.6 Å². The van der Waals surface area contributed by atoms with Crippen molar-refractivity contribution in [2.24, 2.45) is 0 Å². The zero-order chi connectivity index (χ0) is 40.7. The predicted molar refractivity (Wildman–Crippen MR) is 261 cm³/mol. The Balaban J connectivity index is 1.17. The van der Waals surface area contributed by atoms with Gasteiger partial charge in [0.1, 0.15) is 31.4 Å². The van der Waals surface area contributed by atoms with Gasteiger partial charge in [0.2, 0.25) is 0 Å². The lowest BCUT2D eigenvalue weighted by Crippen LogP contribution is -2.46. The molecule has 0 amide bonds. The second kappa shape index (κ2) is 14.1. The third-order valence-corrected chi connectivity index (χ3v) is 13.9. The van der Waals surface area contributed by atoms with Gasteiger partial charge in [0.15, 0.2) is 0 Å². The van der Waals surface area contributed by atoms with Crippen molar-refractivity contribution >= 4 is 113 Å². The molecule has 0 aliphatic heterocycles. The van der Waals surface area contributed by atoms with Gasteiger partial charge in [0.05, 0.1) is 0 Å². The van der Waals surface area contributed by atoms with E-state index in [1.54, 1.807) is 0 Å². The molecule has 1 nitrogen and oxygen atoms in total. The average Bonchev–Trinajstić information content (AvgIpc) is 3.81. The zero-order valence-corrected chi connectivity index (χ0v) is 33.8. The minimum absolute atomic E-state index is 0.358. The standard InChI is InChI=1S/C54H33B4NS/c1-54(34-17-3-2-4-18-34)44-26-9-7-21-39(44)40-29-28-36(31-45(40)54)59(35-19-11-16-33(30-35)38-23-13-25-43-41-22-8-10-27-46(41)60-53(38)43)52-50(57)48(55)47(49(56)51(52)58)42-24-12-15-32-14-5-6-20-37(32)42/h2-31H,1H3. The fraction of sp³-hybridized carbons (Fsp3) is 0.0370. The molecule has 1 unspecified atom stereocenters. The fourth-order valence-electron chi connectivity index (χ4n) is 9.68. The van der Waals surface area contributed by atoms with Crippen LogP contribution in [-0.4, -0.2) is 31.4 Å². The minimum atomic E-state index is -0.430. The lowest BCUT2D eigenvalue weighted by atomic mass is 9.64. The van der Waals surface area contributed by atoms with Gasteiger partial charge in [-0.25, -0.2) is 0 Å². The monoisotopic (exact) mass is 771 g/mol. The fourth-order valence-corrected chi connectivity index (χ4v) is 10.9. The highest BCUT2D eigenvalue weighted by atomic mass is 32.1. The SMILES string of the molecule is [B]c1c([B])c(N(c2cccc(-c3cccc4c3sc3ccccc34)c2)c2ccc3c(c2)C(C)(c2ccccc2)c2ccccc2-3)c([B])c([B])c1-c1cccc2ccccc12. The van der Waals surface area contributed by atoms with Gasteiger partial charge < -0.3 is 4.90 Å². The van der Waals surface area contributed by atoms with Crippen molar-refractivity contribution in [3.05, 3.63) is 199 Å². The Kier molecular flexibility index (Phi) is 8.58. The van der Waals surface area contributed by atoms with Gasteiger partial charge in [0.25, 0.3) is 0 Å². The summed E-state index contributed by atoms with van der Waals surface area (Å²) < 4.78 is 2.50. The molecule has 0 bridgehead atoms. The summed E-state index contributed by atoms with van der Waals surface area (Å²) in [5.74, 6) is 0. The topological polar surface area (TPSA) is 3.24 Å². The normalized spacial score (nSPS) is 14.4. The van der Waals surface area contributed by atoms with Crippen LogP contribution in [-0.2, 0) is 5.41 Å². The van der Waals surface area contributed by atoms with Crippen molar-refractivity contribution in [2.45, 2.75) is 12.3 Å². The predicted octanol–water partition coefficient (Wildman–Crippen LogP) is 10.5. The number of thiophene rings is 1. The lowest BCUT2D eigenvalue weighted by molar-refractivity contribution is 0.714. The molecule has 272 valence electrons. The molecule has 11 rings (SSSR count). The first kappa shape index (κ1) is 36.6. The Morgan fingerprint density at radius 2 is 1.05 bits per heavy atom. The second-order valence-electron chi connectivity index (χ2n) is 15.8. The van der Waals surface area contributed by atoms with E-state index in [1.165, 1.54) is 48.0 Å². The van der Waals surface area contributed by atoms with Crippen LogP contribution in [0.4, 0.5) is 17.1 Å². The van der Waals surface area contributed by atoms with Crippen LogP contribution >= 0.6 is 11.3 Å². The number of nitrogens with zero attached hydrogens (tertiary/aromatic N) is 1. The van der Waals surface area contributed by atoms with Crippen molar-refractivity contribution in [3.8, 4) is 33.4 Å². The van der Waals surface area contributed by atoms with Crippen LogP contribution in [0.15, 0.2) is 182 Å². The van der Waals surface area contributed by atoms with Crippen LogP contribution in [0.3, 0.4) is 0 Å². The van der Waals surface area contributed by atoms with E-state index >= 15 is 0 Å². The van der Waals surface area contributed by atoms with Crippen LogP contribution in [0.5, 0.6) is 0 Å². The molecule has 6 heteroatoms. The van der Waals surface area contributed by atoms with Crippen LogP contribution in [0.2, 0.25) is 0 Å². The third kappa shape index (κ3) is 5.44. The van der Waals surface area contributed by atoms with E-state index in [4.69, 9.17) is 31.4 Å². The summed E-state index contributed by atoms with van der Waals surface area (Å²) in [6.07, 6.45) is 0. The molecule has 1 aliphatic rings. The van der Waals surface area contributed by atoms with Crippen molar-refractivity contribution in [1.82, 2.24) is 0 Å². The summed E-state index contributed by atoms with van der Waals surface area (Å²) in [5.41, 5.74) is 13.2. The molecule has 1 heterocycles. The van der Waals surface area contributed by atoms with Crippen molar-refractivity contribution < 1.29 is 0 Å². The molecular weight excluding hydrogens is 738 g/mol.